The molecule has 0 bridgehead atoms. The van der Waals surface area contributed by atoms with Crippen molar-refractivity contribution in [3.63, 3.8) is 0 Å². The smallest absolute Gasteiger partial charge is 0.416 e. The number of aromatic nitrogens is 2. The number of rotatable bonds is 5. The van der Waals surface area contributed by atoms with Crippen molar-refractivity contribution in [3.05, 3.63) is 35.0 Å². The van der Waals surface area contributed by atoms with Gasteiger partial charge in [0.1, 0.15) is 10.3 Å². The number of anilines is 2. The number of carbonyl (C=O) groups excluding carboxylic acids is 1. The number of amides is 1. The number of oxazole rings is 1. The van der Waals surface area contributed by atoms with Gasteiger partial charge in [0, 0.05) is 19.7 Å². The summed E-state index contributed by atoms with van der Waals surface area (Å²) in [7, 11) is 1.42. The number of halogens is 3. The number of thiophene rings is 1. The number of thiazole rings is 1. The van der Waals surface area contributed by atoms with E-state index in [4.69, 9.17) is 4.42 Å². The van der Waals surface area contributed by atoms with Gasteiger partial charge in [-0.05, 0) is 24.3 Å². The van der Waals surface area contributed by atoms with Gasteiger partial charge in [-0.2, -0.15) is 13.2 Å². The number of aryl methyl sites for hydroxylation is 1. The molecule has 1 unspecified atom stereocenters. The maximum Gasteiger partial charge on any atom is 0.416 e. The van der Waals surface area contributed by atoms with Gasteiger partial charge in [0.25, 0.3) is 5.91 Å². The summed E-state index contributed by atoms with van der Waals surface area (Å²) in [6.45, 7) is 1.11. The van der Waals surface area contributed by atoms with Crippen LogP contribution in [0.25, 0.3) is 20.6 Å². The molecular formula is C18H15F3N4O3S2. The average molecular weight is 456 g/mol. The minimum Gasteiger partial charge on any atom is -0.441 e. The average Bonchev–Trinajstić information content (AvgIpc) is 3.31. The molecule has 3 heterocycles. The third kappa shape index (κ3) is 4.11. The molecule has 1 atom stereocenters. The van der Waals surface area contributed by atoms with E-state index in [9.17, 15) is 23.1 Å². The van der Waals surface area contributed by atoms with Crippen LogP contribution in [0.15, 0.2) is 28.7 Å². The topological polar surface area (TPSA) is 91.5 Å². The molecule has 30 heavy (non-hydrogen) atoms. The lowest BCUT2D eigenvalue weighted by atomic mass is 10.3. The molecule has 2 N–H and O–H groups in total. The molecule has 0 spiro atoms. The van der Waals surface area contributed by atoms with Crippen LogP contribution >= 0.6 is 22.7 Å². The molecule has 7 nitrogen and oxygen atoms in total. The van der Waals surface area contributed by atoms with Crippen LogP contribution in [0.1, 0.15) is 15.6 Å². The first-order valence-electron chi connectivity index (χ1n) is 8.65. The van der Waals surface area contributed by atoms with E-state index < -0.39 is 18.8 Å². The Bertz CT molecular complexity index is 1200. The van der Waals surface area contributed by atoms with E-state index in [-0.39, 0.29) is 5.91 Å². The van der Waals surface area contributed by atoms with Gasteiger partial charge >= 0.3 is 6.18 Å². The van der Waals surface area contributed by atoms with Gasteiger partial charge in [-0.25, -0.2) is 9.97 Å². The first-order valence-corrected chi connectivity index (χ1v) is 10.3. The van der Waals surface area contributed by atoms with E-state index in [1.165, 1.54) is 11.9 Å². The quantitative estimate of drug-likeness (QED) is 0.462. The summed E-state index contributed by atoms with van der Waals surface area (Å²) in [4.78, 5) is 23.3. The van der Waals surface area contributed by atoms with Gasteiger partial charge in [0.2, 0.25) is 0 Å². The number of hydrogen-bond donors (Lipinski definition) is 2. The minimum atomic E-state index is -4.69. The van der Waals surface area contributed by atoms with Crippen molar-refractivity contribution in [2.24, 2.45) is 0 Å². The summed E-state index contributed by atoms with van der Waals surface area (Å²) in [6.07, 6.45) is -7.15. The highest BCUT2D eigenvalue weighted by Gasteiger charge is 2.39. The molecular weight excluding hydrogens is 441 g/mol. The Kier molecular flexibility index (Phi) is 5.16. The van der Waals surface area contributed by atoms with Gasteiger partial charge in [-0.15, -0.1) is 11.3 Å². The van der Waals surface area contributed by atoms with Crippen LogP contribution < -0.4 is 10.2 Å². The molecule has 0 saturated heterocycles. The van der Waals surface area contributed by atoms with Crippen LogP contribution in [0.2, 0.25) is 0 Å². The highest BCUT2D eigenvalue weighted by atomic mass is 32.1. The predicted octanol–water partition coefficient (Wildman–Crippen LogP) is 4.42. The zero-order chi connectivity index (χ0) is 21.6. The van der Waals surface area contributed by atoms with Crippen molar-refractivity contribution < 1.29 is 27.5 Å². The van der Waals surface area contributed by atoms with Crippen molar-refractivity contribution in [2.45, 2.75) is 19.2 Å². The molecule has 4 aromatic rings. The Balaban J connectivity index is 1.48. The van der Waals surface area contributed by atoms with Crippen LogP contribution in [-0.2, 0) is 0 Å². The van der Waals surface area contributed by atoms with Gasteiger partial charge < -0.3 is 19.7 Å². The number of nitrogens with one attached hydrogen (secondary N) is 1. The standard InChI is InChI=1S/C18H15F3N4O3S2/c1-8-22-10-5-9(3-4-11(10)28-8)23-15(27)12-6-13-16(29-12)24-17(30-13)25(2)7-14(26)18(19,20)21/h3-6,14,26H,7H2,1-2H3,(H,23,27). The number of benzene rings is 1. The summed E-state index contributed by atoms with van der Waals surface area (Å²) in [5.74, 6) is 0.203. The van der Waals surface area contributed by atoms with E-state index in [0.717, 1.165) is 22.7 Å². The Hall–Kier alpha value is -2.70. The Labute approximate surface area is 175 Å². The summed E-state index contributed by atoms with van der Waals surface area (Å²) < 4.78 is 43.7. The largest absolute Gasteiger partial charge is 0.441 e. The molecule has 1 aromatic carbocycles. The van der Waals surface area contributed by atoms with Crippen LogP contribution in [-0.4, -0.2) is 46.9 Å². The summed E-state index contributed by atoms with van der Waals surface area (Å²) in [5, 5.41) is 12.3. The fraction of sp³-hybridized carbons (Fsp3) is 0.278. The van der Waals surface area contributed by atoms with Crippen molar-refractivity contribution in [2.75, 3.05) is 23.8 Å². The number of aliphatic hydroxyl groups excluding tert-OH is 1. The first kappa shape index (κ1) is 20.6. The number of alkyl halides is 3. The van der Waals surface area contributed by atoms with Crippen molar-refractivity contribution in [3.8, 4) is 0 Å². The third-order valence-electron chi connectivity index (χ3n) is 4.21. The monoisotopic (exact) mass is 456 g/mol. The summed E-state index contributed by atoms with van der Waals surface area (Å²) in [5.41, 5.74) is 1.82. The van der Waals surface area contributed by atoms with Crippen molar-refractivity contribution >= 4 is 60.0 Å². The number of nitrogens with zero attached hydrogens (tertiary/aromatic N) is 3. The Morgan fingerprint density at radius 2 is 2.07 bits per heavy atom. The molecule has 0 fully saturated rings. The maximum atomic E-state index is 12.6. The first-order chi connectivity index (χ1) is 14.1. The molecule has 0 aliphatic carbocycles. The molecule has 0 aliphatic rings. The number of aliphatic hydroxyl groups is 1. The summed E-state index contributed by atoms with van der Waals surface area (Å²) in [6, 6.07) is 6.77. The van der Waals surface area contributed by atoms with E-state index in [1.54, 1.807) is 31.2 Å². The van der Waals surface area contributed by atoms with Crippen LogP contribution in [0.5, 0.6) is 0 Å². The second-order valence-electron chi connectivity index (χ2n) is 6.58. The molecule has 0 aliphatic heterocycles. The molecule has 0 radical (unpaired) electrons. The molecule has 1 amide bonds. The minimum absolute atomic E-state index is 0.327. The summed E-state index contributed by atoms with van der Waals surface area (Å²) >= 11 is 2.29. The van der Waals surface area contributed by atoms with Crippen molar-refractivity contribution in [1.29, 1.82) is 0 Å². The lowest BCUT2D eigenvalue weighted by Gasteiger charge is -2.21. The van der Waals surface area contributed by atoms with Gasteiger partial charge in [-0.3, -0.25) is 4.79 Å². The van der Waals surface area contributed by atoms with E-state index in [0.29, 0.717) is 42.2 Å². The fourth-order valence-corrected chi connectivity index (χ4v) is 4.83. The van der Waals surface area contributed by atoms with Crippen LogP contribution in [0, 0.1) is 6.92 Å². The number of likely N-dealkylation sites (N-methyl/N-ethyl adjacent to an activating group) is 1. The van der Waals surface area contributed by atoms with Gasteiger partial charge in [0.05, 0.1) is 16.1 Å². The lowest BCUT2D eigenvalue weighted by molar-refractivity contribution is -0.200. The van der Waals surface area contributed by atoms with Gasteiger partial charge in [-0.1, -0.05) is 11.3 Å². The molecule has 4 rings (SSSR count). The van der Waals surface area contributed by atoms with E-state index >= 15 is 0 Å². The van der Waals surface area contributed by atoms with E-state index in [2.05, 4.69) is 15.3 Å². The molecule has 12 heteroatoms. The third-order valence-corrected chi connectivity index (χ3v) is 6.48. The highest BCUT2D eigenvalue weighted by molar-refractivity contribution is 7.29. The van der Waals surface area contributed by atoms with Crippen molar-refractivity contribution in [1.82, 2.24) is 9.97 Å². The Morgan fingerprint density at radius 1 is 1.30 bits per heavy atom. The zero-order valence-electron chi connectivity index (χ0n) is 15.6. The normalized spacial score (nSPS) is 13.1. The molecule has 3 aromatic heterocycles. The fourth-order valence-electron chi connectivity index (χ4n) is 2.75. The molecule has 0 saturated carbocycles. The number of fused-ring (bicyclic) bond motifs is 2. The van der Waals surface area contributed by atoms with Crippen LogP contribution in [0.3, 0.4) is 0 Å². The van der Waals surface area contributed by atoms with Gasteiger partial charge in [0.15, 0.2) is 22.7 Å². The zero-order valence-corrected chi connectivity index (χ0v) is 17.3. The van der Waals surface area contributed by atoms with Crippen LogP contribution in [0.4, 0.5) is 24.0 Å². The predicted molar refractivity (Wildman–Crippen MR) is 110 cm³/mol. The lowest BCUT2D eigenvalue weighted by Crippen LogP contribution is -2.39. The second kappa shape index (κ2) is 7.52. The molecule has 158 valence electrons. The number of carbonyl (C=O) groups is 1. The maximum absolute atomic E-state index is 12.6. The second-order valence-corrected chi connectivity index (χ2v) is 8.62. The van der Waals surface area contributed by atoms with E-state index in [1.807, 2.05) is 0 Å². The highest BCUT2D eigenvalue weighted by Crippen LogP contribution is 2.35. The SMILES string of the molecule is Cc1nc2cc(NC(=O)c3cc4sc(N(C)CC(O)C(F)(F)F)nc4s3)ccc2o1. The Morgan fingerprint density at radius 3 is 2.77 bits per heavy atom. The number of hydrogen-bond acceptors (Lipinski definition) is 8.